The molecule has 0 heterocycles. The molecule has 0 bridgehead atoms. The molecule has 0 saturated carbocycles. The number of hydrogen-bond acceptors (Lipinski definition) is 1. The molecular weight excluding hydrogens is 186 g/mol. The van der Waals surface area contributed by atoms with Gasteiger partial charge in [0.25, 0.3) is 0 Å². The number of hydrogen-bond donors (Lipinski definition) is 1. The van der Waals surface area contributed by atoms with Crippen molar-refractivity contribution in [2.75, 3.05) is 0 Å². The van der Waals surface area contributed by atoms with Gasteiger partial charge in [-0.15, -0.1) is 0 Å². The fourth-order valence-electron chi connectivity index (χ4n) is 1.71. The average molecular weight is 213 g/mol. The molecule has 2 nitrogen and oxygen atoms in total. The highest BCUT2D eigenvalue weighted by molar-refractivity contribution is 5.76. The van der Waals surface area contributed by atoms with Gasteiger partial charge in [0, 0.05) is 12.5 Å². The largest absolute Gasteiger partial charge is 0.353 e. The molecule has 0 rings (SSSR count). The smallest absolute Gasteiger partial charge is 0.220 e. The van der Waals surface area contributed by atoms with Gasteiger partial charge in [0.15, 0.2) is 0 Å². The van der Waals surface area contributed by atoms with E-state index in [9.17, 15) is 4.79 Å². The fourth-order valence-corrected chi connectivity index (χ4v) is 1.71. The highest BCUT2D eigenvalue weighted by Crippen LogP contribution is 2.07. The first-order valence-electron chi connectivity index (χ1n) is 6.39. The first-order valence-corrected chi connectivity index (χ1v) is 6.39. The van der Waals surface area contributed by atoms with Gasteiger partial charge < -0.3 is 5.32 Å². The topological polar surface area (TPSA) is 29.1 Å². The molecule has 2 heteroatoms. The van der Waals surface area contributed by atoms with Crippen molar-refractivity contribution in [2.24, 2.45) is 5.92 Å². The summed E-state index contributed by atoms with van der Waals surface area (Å²) in [4.78, 5) is 11.6. The molecule has 90 valence electrons. The van der Waals surface area contributed by atoms with E-state index in [1.54, 1.807) is 0 Å². The van der Waals surface area contributed by atoms with E-state index in [4.69, 9.17) is 0 Å². The summed E-state index contributed by atoms with van der Waals surface area (Å²) in [7, 11) is 0. The molecule has 0 aromatic carbocycles. The number of nitrogens with one attached hydrogen (secondary N) is 1. The molecule has 15 heavy (non-hydrogen) atoms. The molecule has 1 amide bonds. The Bertz CT molecular complexity index is 160. The van der Waals surface area contributed by atoms with Crippen molar-refractivity contribution in [2.45, 2.75) is 72.3 Å². The first kappa shape index (κ1) is 14.5. The van der Waals surface area contributed by atoms with Gasteiger partial charge in [-0.3, -0.25) is 4.79 Å². The van der Waals surface area contributed by atoms with Crippen LogP contribution in [0.5, 0.6) is 0 Å². The van der Waals surface area contributed by atoms with Crippen molar-refractivity contribution < 1.29 is 4.79 Å². The van der Waals surface area contributed by atoms with Crippen molar-refractivity contribution in [1.82, 2.24) is 5.32 Å². The Balaban J connectivity index is 3.77. The Morgan fingerprint density at radius 2 is 1.60 bits per heavy atom. The lowest BCUT2D eigenvalue weighted by molar-refractivity contribution is -0.122. The quantitative estimate of drug-likeness (QED) is 0.657. The summed E-state index contributed by atoms with van der Waals surface area (Å²) in [5, 5.41) is 3.14. The first-order chi connectivity index (χ1) is 7.10. The summed E-state index contributed by atoms with van der Waals surface area (Å²) >= 11 is 0. The van der Waals surface area contributed by atoms with Crippen LogP contribution >= 0.6 is 0 Å². The van der Waals surface area contributed by atoms with Crippen LogP contribution in [0, 0.1) is 5.92 Å². The second kappa shape index (κ2) is 8.75. The summed E-state index contributed by atoms with van der Waals surface area (Å²) in [5.74, 6) is 0.849. The lowest BCUT2D eigenvalue weighted by Crippen LogP contribution is -2.34. The van der Waals surface area contributed by atoms with Crippen LogP contribution in [-0.2, 0) is 4.79 Å². The fraction of sp³-hybridized carbons (Fsp3) is 0.923. The third-order valence-corrected chi connectivity index (χ3v) is 2.59. The Hall–Kier alpha value is -0.530. The molecule has 0 radical (unpaired) electrons. The molecule has 0 unspecified atom stereocenters. The van der Waals surface area contributed by atoms with Gasteiger partial charge in [-0.25, -0.2) is 0 Å². The lowest BCUT2D eigenvalue weighted by atomic mass is 10.0. The minimum atomic E-state index is 0.232. The minimum Gasteiger partial charge on any atom is -0.353 e. The Morgan fingerprint density at radius 1 is 1.07 bits per heavy atom. The van der Waals surface area contributed by atoms with Gasteiger partial charge in [0.2, 0.25) is 5.91 Å². The van der Waals surface area contributed by atoms with E-state index in [1.165, 1.54) is 0 Å². The van der Waals surface area contributed by atoms with E-state index in [1.807, 2.05) is 0 Å². The Kier molecular flexibility index (Phi) is 8.44. The monoisotopic (exact) mass is 213 g/mol. The van der Waals surface area contributed by atoms with E-state index in [-0.39, 0.29) is 5.91 Å². The van der Waals surface area contributed by atoms with E-state index in [0.29, 0.717) is 18.4 Å². The van der Waals surface area contributed by atoms with Crippen LogP contribution in [-0.4, -0.2) is 11.9 Å². The van der Waals surface area contributed by atoms with Gasteiger partial charge >= 0.3 is 0 Å². The summed E-state index contributed by atoms with van der Waals surface area (Å²) in [6.07, 6.45) is 6.20. The van der Waals surface area contributed by atoms with Crippen LogP contribution in [0.3, 0.4) is 0 Å². The van der Waals surface area contributed by atoms with E-state index >= 15 is 0 Å². The van der Waals surface area contributed by atoms with Gasteiger partial charge in [-0.05, 0) is 25.2 Å². The van der Waals surface area contributed by atoms with Crippen LogP contribution in [0.4, 0.5) is 0 Å². The van der Waals surface area contributed by atoms with Crippen molar-refractivity contribution in [3.8, 4) is 0 Å². The van der Waals surface area contributed by atoms with Gasteiger partial charge in [-0.2, -0.15) is 0 Å². The predicted molar refractivity (Wildman–Crippen MR) is 65.8 cm³/mol. The number of rotatable bonds is 8. The van der Waals surface area contributed by atoms with E-state index in [0.717, 1.165) is 32.1 Å². The molecule has 0 aliphatic heterocycles. The average Bonchev–Trinajstić information content (AvgIpc) is 2.15. The summed E-state index contributed by atoms with van der Waals surface area (Å²) in [6.45, 7) is 8.65. The summed E-state index contributed by atoms with van der Waals surface area (Å²) in [5.41, 5.74) is 0. The second-order valence-corrected chi connectivity index (χ2v) is 4.77. The maximum absolute atomic E-state index is 11.6. The summed E-state index contributed by atoms with van der Waals surface area (Å²) in [6, 6.07) is 0.402. The van der Waals surface area contributed by atoms with Crippen molar-refractivity contribution in [1.29, 1.82) is 0 Å². The Morgan fingerprint density at radius 3 is 2.00 bits per heavy atom. The molecule has 0 atom stereocenters. The second-order valence-electron chi connectivity index (χ2n) is 4.77. The maximum Gasteiger partial charge on any atom is 0.220 e. The van der Waals surface area contributed by atoms with Gasteiger partial charge in [0.05, 0.1) is 0 Å². The molecule has 0 aliphatic carbocycles. The van der Waals surface area contributed by atoms with Crippen LogP contribution in [0.1, 0.15) is 66.2 Å². The molecule has 1 N–H and O–H groups in total. The zero-order valence-electron chi connectivity index (χ0n) is 10.8. The molecular formula is C13H27NO. The van der Waals surface area contributed by atoms with Crippen LogP contribution in [0.15, 0.2) is 0 Å². The number of carbonyl (C=O) groups excluding carboxylic acids is 1. The third kappa shape index (κ3) is 8.46. The van der Waals surface area contributed by atoms with Crippen molar-refractivity contribution in [3.63, 3.8) is 0 Å². The van der Waals surface area contributed by atoms with Crippen LogP contribution in [0.25, 0.3) is 0 Å². The normalized spacial score (nSPS) is 11.1. The minimum absolute atomic E-state index is 0.232. The third-order valence-electron chi connectivity index (χ3n) is 2.59. The standard InChI is InChI=1S/C13H27NO/c1-5-7-12(8-6-2)14-13(15)10-9-11(3)4/h11-12H,5-10H2,1-4H3,(H,14,15). The SMILES string of the molecule is CCCC(CCC)NC(=O)CCC(C)C. The molecule has 0 aromatic heterocycles. The molecule has 0 spiro atoms. The van der Waals surface area contributed by atoms with Gasteiger partial charge in [0.1, 0.15) is 0 Å². The lowest BCUT2D eigenvalue weighted by Gasteiger charge is -2.17. The van der Waals surface area contributed by atoms with E-state index < -0.39 is 0 Å². The highest BCUT2D eigenvalue weighted by atomic mass is 16.1. The van der Waals surface area contributed by atoms with Crippen molar-refractivity contribution in [3.05, 3.63) is 0 Å². The maximum atomic E-state index is 11.6. The molecule has 0 saturated heterocycles. The molecule has 0 fully saturated rings. The number of amides is 1. The summed E-state index contributed by atoms with van der Waals surface area (Å²) < 4.78 is 0. The molecule has 0 aromatic rings. The number of carbonyl (C=O) groups is 1. The van der Waals surface area contributed by atoms with Crippen molar-refractivity contribution >= 4 is 5.91 Å². The van der Waals surface area contributed by atoms with Gasteiger partial charge in [-0.1, -0.05) is 40.5 Å². The zero-order chi connectivity index (χ0) is 11.7. The van der Waals surface area contributed by atoms with Crippen LogP contribution in [0.2, 0.25) is 0 Å². The predicted octanol–water partition coefficient (Wildman–Crippen LogP) is 3.51. The highest BCUT2D eigenvalue weighted by Gasteiger charge is 2.10. The Labute approximate surface area is 94.8 Å². The zero-order valence-corrected chi connectivity index (χ0v) is 10.8. The van der Waals surface area contributed by atoms with Crippen LogP contribution < -0.4 is 5.32 Å². The molecule has 0 aliphatic rings. The van der Waals surface area contributed by atoms with E-state index in [2.05, 4.69) is 33.0 Å².